The molecule has 0 atom stereocenters. The Morgan fingerprint density at radius 2 is 1.43 bits per heavy atom. The monoisotopic (exact) mass is 720 g/mol. The molecule has 5 aromatic heterocycles. The fourth-order valence-electron chi connectivity index (χ4n) is 4.71. The van der Waals surface area contributed by atoms with Gasteiger partial charge in [0, 0.05) is 87.3 Å². The number of carbonyl (C=O) groups excluding carboxylic acids is 1. The lowest BCUT2D eigenvalue weighted by atomic mass is 10.0. The van der Waals surface area contributed by atoms with E-state index in [1.165, 1.54) is 0 Å². The summed E-state index contributed by atoms with van der Waals surface area (Å²) in [5, 5.41) is 32.6. The number of amides is 1. The van der Waals surface area contributed by atoms with Crippen molar-refractivity contribution in [2.75, 3.05) is 31.1 Å². The van der Waals surface area contributed by atoms with Crippen molar-refractivity contribution in [3.05, 3.63) is 73.0 Å². The molecule has 0 aromatic carbocycles. The lowest BCUT2D eigenvalue weighted by molar-refractivity contribution is -0.193. The first-order chi connectivity index (χ1) is 23.9. The Labute approximate surface area is 283 Å². The number of fused-ring (bicyclic) bond motifs is 1. The Hall–Kier alpha value is -6.46. The third-order valence-corrected chi connectivity index (χ3v) is 7.13. The Morgan fingerprint density at radius 3 is 1.90 bits per heavy atom. The summed E-state index contributed by atoms with van der Waals surface area (Å²) >= 11 is 0. The topological polar surface area (TPSA) is 188 Å². The van der Waals surface area contributed by atoms with E-state index in [1.54, 1.807) is 38.7 Å². The van der Waals surface area contributed by atoms with Gasteiger partial charge < -0.3 is 24.6 Å². The highest BCUT2D eigenvalue weighted by Crippen LogP contribution is 2.32. The van der Waals surface area contributed by atoms with Gasteiger partial charge in [0.05, 0.1) is 29.8 Å². The second-order valence-electron chi connectivity index (χ2n) is 10.7. The van der Waals surface area contributed by atoms with E-state index in [9.17, 15) is 36.4 Å². The van der Waals surface area contributed by atoms with Crippen LogP contribution in [-0.4, -0.2) is 105 Å². The summed E-state index contributed by atoms with van der Waals surface area (Å²) in [5.41, 5.74) is 5.38. The number of nitrogens with zero attached hydrogens (tertiary/aromatic N) is 10. The molecule has 1 amide bonds. The van der Waals surface area contributed by atoms with E-state index in [1.807, 2.05) is 55.8 Å². The predicted molar refractivity (Wildman–Crippen MR) is 164 cm³/mol. The molecule has 0 unspecified atom stereocenters. The minimum atomic E-state index is -5.08. The van der Waals surface area contributed by atoms with E-state index in [4.69, 9.17) is 24.8 Å². The number of aliphatic carboxylic acids is 2. The molecular formula is C30H26F6N10O5. The Balaban J connectivity index is 0.000000353. The van der Waals surface area contributed by atoms with Gasteiger partial charge in [-0.05, 0) is 18.2 Å². The van der Waals surface area contributed by atoms with Gasteiger partial charge in [0.25, 0.3) is 5.91 Å². The van der Waals surface area contributed by atoms with Crippen LogP contribution in [0.1, 0.15) is 16.1 Å². The number of hydrogen-bond acceptors (Lipinski definition) is 9. The summed E-state index contributed by atoms with van der Waals surface area (Å²) < 4.78 is 68.7. The highest BCUT2D eigenvalue weighted by Gasteiger charge is 2.39. The molecule has 0 aliphatic carbocycles. The van der Waals surface area contributed by atoms with Gasteiger partial charge >= 0.3 is 24.3 Å². The minimum Gasteiger partial charge on any atom is -0.475 e. The molecule has 1 fully saturated rings. The van der Waals surface area contributed by atoms with Gasteiger partial charge in [0.1, 0.15) is 17.6 Å². The normalized spacial score (nSPS) is 13.1. The van der Waals surface area contributed by atoms with Crippen LogP contribution in [0.5, 0.6) is 0 Å². The molecule has 1 aliphatic rings. The zero-order valence-electron chi connectivity index (χ0n) is 26.5. The van der Waals surface area contributed by atoms with Crippen LogP contribution in [0.3, 0.4) is 0 Å². The number of alkyl halides is 6. The van der Waals surface area contributed by atoms with Crippen molar-refractivity contribution in [2.45, 2.75) is 12.4 Å². The molecular weight excluding hydrogens is 694 g/mol. The van der Waals surface area contributed by atoms with Crippen molar-refractivity contribution in [3.63, 3.8) is 0 Å². The average Bonchev–Trinajstić information content (AvgIpc) is 3.83. The summed E-state index contributed by atoms with van der Waals surface area (Å²) in [6.45, 7) is 2.58. The average molecular weight is 721 g/mol. The molecule has 1 saturated heterocycles. The fraction of sp³-hybridized carbons (Fsp3) is 0.267. The third-order valence-electron chi connectivity index (χ3n) is 7.13. The Kier molecular flexibility index (Phi) is 11.0. The van der Waals surface area contributed by atoms with Crippen LogP contribution in [0, 0.1) is 11.3 Å². The molecule has 0 saturated carbocycles. The first-order valence-corrected chi connectivity index (χ1v) is 14.4. The molecule has 2 N–H and O–H groups in total. The number of aromatic nitrogens is 7. The van der Waals surface area contributed by atoms with E-state index in [0.717, 1.165) is 33.6 Å². The van der Waals surface area contributed by atoms with Crippen molar-refractivity contribution in [1.82, 2.24) is 38.8 Å². The van der Waals surface area contributed by atoms with Crippen molar-refractivity contribution in [3.8, 4) is 28.3 Å². The van der Waals surface area contributed by atoms with Crippen LogP contribution < -0.4 is 4.90 Å². The number of aryl methyl sites for hydroxylation is 2. The van der Waals surface area contributed by atoms with Gasteiger partial charge in [-0.15, -0.1) is 0 Å². The number of carbonyl (C=O) groups is 3. The lowest BCUT2D eigenvalue weighted by Gasteiger charge is -2.35. The smallest absolute Gasteiger partial charge is 0.475 e. The molecule has 268 valence electrons. The van der Waals surface area contributed by atoms with Crippen LogP contribution >= 0.6 is 0 Å². The number of anilines is 1. The highest BCUT2D eigenvalue weighted by atomic mass is 19.4. The Bertz CT molecular complexity index is 2050. The van der Waals surface area contributed by atoms with E-state index in [2.05, 4.69) is 26.2 Å². The lowest BCUT2D eigenvalue weighted by Crippen LogP contribution is -2.49. The standard InChI is InChI=1S/C26H24N10O.2C2HF3O2/c1-32-16-23(29-17-32)26(37)35-7-5-34(6-8-35)24-4-3-18(11-28-24)22-9-19(21-13-30-33(2)14-21)15-36-25(22)20(10-27)12-31-36;2*3-2(4,5)1(6)7/h3-4,9,11-17H,5-8H2,1-2H3;2*(H,6,7). The van der Waals surface area contributed by atoms with E-state index >= 15 is 0 Å². The summed E-state index contributed by atoms with van der Waals surface area (Å²) in [7, 11) is 3.73. The number of pyridine rings is 2. The molecule has 51 heavy (non-hydrogen) atoms. The van der Waals surface area contributed by atoms with Gasteiger partial charge in [-0.2, -0.15) is 41.8 Å². The predicted octanol–water partition coefficient (Wildman–Crippen LogP) is 3.63. The van der Waals surface area contributed by atoms with Crippen LogP contribution in [0.2, 0.25) is 0 Å². The maximum atomic E-state index is 12.7. The van der Waals surface area contributed by atoms with E-state index in [0.29, 0.717) is 37.4 Å². The molecule has 0 radical (unpaired) electrons. The third kappa shape index (κ3) is 9.17. The molecule has 5 aromatic rings. The molecule has 0 bridgehead atoms. The summed E-state index contributed by atoms with van der Waals surface area (Å²) in [4.78, 5) is 43.4. The van der Waals surface area contributed by atoms with Crippen molar-refractivity contribution in [1.29, 1.82) is 5.26 Å². The number of nitriles is 1. The van der Waals surface area contributed by atoms with Gasteiger partial charge in [-0.3, -0.25) is 9.48 Å². The van der Waals surface area contributed by atoms with Gasteiger partial charge in [-0.1, -0.05) is 0 Å². The zero-order chi connectivity index (χ0) is 37.7. The minimum absolute atomic E-state index is 0.0461. The van der Waals surface area contributed by atoms with Crippen molar-refractivity contribution >= 4 is 29.2 Å². The van der Waals surface area contributed by atoms with Crippen LogP contribution in [0.15, 0.2) is 61.7 Å². The first kappa shape index (κ1) is 37.4. The molecule has 0 spiro atoms. The summed E-state index contributed by atoms with van der Waals surface area (Å²) in [5.74, 6) is -4.71. The quantitative estimate of drug-likeness (QED) is 0.258. The number of carboxylic acids is 2. The van der Waals surface area contributed by atoms with Crippen LogP contribution in [0.25, 0.3) is 27.8 Å². The van der Waals surface area contributed by atoms with Gasteiger partial charge in [0.2, 0.25) is 0 Å². The number of halogens is 6. The zero-order valence-corrected chi connectivity index (χ0v) is 26.5. The summed E-state index contributed by atoms with van der Waals surface area (Å²) in [6, 6.07) is 8.30. The van der Waals surface area contributed by atoms with Gasteiger partial charge in [-0.25, -0.2) is 24.1 Å². The van der Waals surface area contributed by atoms with Crippen molar-refractivity contribution < 1.29 is 50.9 Å². The SMILES string of the molecule is Cn1cnc(C(=O)N2CCN(c3ccc(-c4cc(-c5cnn(C)c5)cn5ncc(C#N)c45)cn3)CC2)c1.O=C(O)C(F)(F)F.O=C(O)C(F)(F)F. The number of rotatable bonds is 4. The summed E-state index contributed by atoms with van der Waals surface area (Å²) in [6.07, 6.45) is 2.28. The molecule has 1 aliphatic heterocycles. The fourth-order valence-corrected chi connectivity index (χ4v) is 4.71. The number of imidazole rings is 1. The van der Waals surface area contributed by atoms with Crippen LogP contribution in [-0.2, 0) is 23.7 Å². The number of carboxylic acid groups (broad SMARTS) is 2. The molecule has 6 heterocycles. The molecule has 15 nitrogen and oxygen atoms in total. The van der Waals surface area contributed by atoms with Crippen LogP contribution in [0.4, 0.5) is 32.2 Å². The second-order valence-corrected chi connectivity index (χ2v) is 10.7. The number of hydrogen-bond donors (Lipinski definition) is 2. The van der Waals surface area contributed by atoms with Crippen molar-refractivity contribution in [2.24, 2.45) is 14.1 Å². The maximum absolute atomic E-state index is 12.7. The molecule has 6 rings (SSSR count). The second kappa shape index (κ2) is 15.0. The first-order valence-electron chi connectivity index (χ1n) is 14.4. The maximum Gasteiger partial charge on any atom is 0.490 e. The van der Waals surface area contributed by atoms with E-state index < -0.39 is 24.3 Å². The largest absolute Gasteiger partial charge is 0.490 e. The molecule has 21 heteroatoms. The number of piperazine rings is 1. The van der Waals surface area contributed by atoms with Gasteiger partial charge in [0.15, 0.2) is 0 Å². The Morgan fingerprint density at radius 1 is 0.804 bits per heavy atom. The highest BCUT2D eigenvalue weighted by molar-refractivity contribution is 5.92. The van der Waals surface area contributed by atoms with E-state index in [-0.39, 0.29) is 5.91 Å².